The summed E-state index contributed by atoms with van der Waals surface area (Å²) in [6.07, 6.45) is 31.6. The third-order valence-corrected chi connectivity index (χ3v) is 7.26. The monoisotopic (exact) mass is 642 g/mol. The first-order chi connectivity index (χ1) is 16.4. The van der Waals surface area contributed by atoms with Crippen LogP contribution >= 0.6 is 0 Å². The molecular weight excluding hydrogens is 572 g/mol. The summed E-state index contributed by atoms with van der Waals surface area (Å²) < 4.78 is 1.23. The molecule has 0 aromatic carbocycles. The fourth-order valence-electron chi connectivity index (χ4n) is 4.69. The maximum Gasteiger partial charge on any atom is 0.0782 e. The lowest BCUT2D eigenvalue weighted by Crippen LogP contribution is -3.05. The van der Waals surface area contributed by atoms with Crippen LogP contribution in [0.15, 0.2) is 0 Å². The highest BCUT2D eigenvalue weighted by Gasteiger charge is 2.12. The Balaban J connectivity index is -0.000000276. The molecule has 0 aliphatic carbocycles. The van der Waals surface area contributed by atoms with Gasteiger partial charge in [0.2, 0.25) is 0 Å². The summed E-state index contributed by atoms with van der Waals surface area (Å²) >= 11 is 0. The minimum absolute atomic E-state index is 0. The lowest BCUT2D eigenvalue weighted by atomic mass is 10.1. The number of hydrogen-bond acceptors (Lipinski definition) is 0. The molecule has 0 heterocycles. The molecule has 0 aromatic rings. The van der Waals surface area contributed by atoms with E-state index >= 15 is 0 Å². The van der Waals surface area contributed by atoms with Gasteiger partial charge in [-0.25, -0.2) is 0 Å². The molecule has 0 atom stereocenters. The second-order valence-electron chi connectivity index (χ2n) is 12.1. The predicted molar refractivity (Wildman–Crippen MR) is 158 cm³/mol. The molecule has 4 heteroatoms. The summed E-state index contributed by atoms with van der Waals surface area (Å²) in [5, 5.41) is 0. The summed E-state index contributed by atoms with van der Waals surface area (Å²) in [6, 6.07) is 0. The first-order valence-electron chi connectivity index (χ1n) is 16.0. The van der Waals surface area contributed by atoms with E-state index < -0.39 is 0 Å². The van der Waals surface area contributed by atoms with Crippen LogP contribution in [0.4, 0.5) is 0 Å². The summed E-state index contributed by atoms with van der Waals surface area (Å²) in [5.41, 5.74) is 0. The Bertz CT molecular complexity index is 362. The van der Waals surface area contributed by atoms with Gasteiger partial charge in [0.1, 0.15) is 0 Å². The van der Waals surface area contributed by atoms with Crippen molar-refractivity contribution in [2.24, 2.45) is 0 Å². The molecule has 0 aliphatic rings. The number of quaternary nitrogens is 2. The molecule has 224 valence electrons. The molecule has 1 N–H and O–H groups in total. The third-order valence-electron chi connectivity index (χ3n) is 7.26. The normalized spacial score (nSPS) is 11.0. The molecule has 0 radical (unpaired) electrons. The molecule has 0 aromatic heterocycles. The fraction of sp³-hybridized carbons (Fsp3) is 1.00. The van der Waals surface area contributed by atoms with E-state index in [1.54, 1.807) is 4.90 Å². The van der Waals surface area contributed by atoms with Gasteiger partial charge in [0, 0.05) is 0 Å². The van der Waals surface area contributed by atoms with E-state index in [0.717, 1.165) is 0 Å². The zero-order valence-corrected chi connectivity index (χ0v) is 29.6. The molecule has 0 saturated heterocycles. The average molecular weight is 645 g/mol. The van der Waals surface area contributed by atoms with Crippen LogP contribution in [-0.4, -0.2) is 52.3 Å². The van der Waals surface area contributed by atoms with Gasteiger partial charge in [-0.15, -0.1) is 0 Å². The van der Waals surface area contributed by atoms with Crippen molar-refractivity contribution in [2.75, 3.05) is 47.8 Å². The van der Waals surface area contributed by atoms with Gasteiger partial charge in [-0.3, -0.25) is 0 Å². The minimum atomic E-state index is 0. The van der Waals surface area contributed by atoms with E-state index in [1.165, 1.54) is 165 Å². The van der Waals surface area contributed by atoms with E-state index in [1.807, 2.05) is 0 Å². The van der Waals surface area contributed by atoms with Crippen LogP contribution < -0.4 is 38.9 Å². The number of unbranched alkanes of at least 4 members (excludes halogenated alkanes) is 19. The van der Waals surface area contributed by atoms with Crippen molar-refractivity contribution >= 4 is 0 Å². The Labute approximate surface area is 252 Å². The van der Waals surface area contributed by atoms with Crippen molar-refractivity contribution in [2.45, 2.75) is 162 Å². The summed E-state index contributed by atoms with van der Waals surface area (Å²) in [6.45, 7) is 10.9. The molecular formula is C32H72Br2N2. The van der Waals surface area contributed by atoms with Gasteiger partial charge < -0.3 is 43.3 Å². The van der Waals surface area contributed by atoms with Crippen LogP contribution in [0.3, 0.4) is 0 Å². The highest BCUT2D eigenvalue weighted by molar-refractivity contribution is 4.48. The number of hydrogen-bond donors (Lipinski definition) is 1. The van der Waals surface area contributed by atoms with Crippen molar-refractivity contribution in [1.82, 2.24) is 0 Å². The van der Waals surface area contributed by atoms with Gasteiger partial charge in [0.05, 0.1) is 47.8 Å². The molecule has 0 unspecified atom stereocenters. The first-order valence-corrected chi connectivity index (χ1v) is 16.0. The molecule has 0 amide bonds. The van der Waals surface area contributed by atoms with Crippen molar-refractivity contribution in [3.05, 3.63) is 0 Å². The van der Waals surface area contributed by atoms with Crippen LogP contribution in [-0.2, 0) is 0 Å². The van der Waals surface area contributed by atoms with Crippen LogP contribution in [0, 0.1) is 0 Å². The fourth-order valence-corrected chi connectivity index (χ4v) is 4.69. The number of nitrogens with zero attached hydrogens (tertiary/aromatic N) is 1. The smallest absolute Gasteiger partial charge is 0.0782 e. The second kappa shape index (κ2) is 35.9. The molecule has 0 fully saturated rings. The number of halogens is 2. The van der Waals surface area contributed by atoms with E-state index in [9.17, 15) is 0 Å². The molecule has 0 bridgehead atoms. The van der Waals surface area contributed by atoms with E-state index in [4.69, 9.17) is 0 Å². The number of nitrogens with one attached hydrogen (secondary N) is 1. The lowest BCUT2D eigenvalue weighted by Gasteiger charge is -2.29. The van der Waals surface area contributed by atoms with E-state index in [-0.39, 0.29) is 34.0 Å². The van der Waals surface area contributed by atoms with Crippen LogP contribution in [0.5, 0.6) is 0 Å². The first kappa shape index (κ1) is 43.9. The highest BCUT2D eigenvalue weighted by Crippen LogP contribution is 2.12. The van der Waals surface area contributed by atoms with E-state index in [2.05, 4.69) is 49.0 Å². The van der Waals surface area contributed by atoms with Crippen molar-refractivity contribution in [1.29, 1.82) is 0 Å². The molecule has 0 rings (SSSR count). The molecule has 0 saturated carbocycles. The summed E-state index contributed by atoms with van der Waals surface area (Å²) in [7, 11) is 9.27. The van der Waals surface area contributed by atoms with E-state index in [0.29, 0.717) is 0 Å². The largest absolute Gasteiger partial charge is 1.00 e. The Kier molecular flexibility index (Phi) is 43.8. The predicted octanol–water partition coefficient (Wildman–Crippen LogP) is 2.84. The summed E-state index contributed by atoms with van der Waals surface area (Å²) in [4.78, 5) is 1.59. The van der Waals surface area contributed by atoms with Crippen molar-refractivity contribution in [3.8, 4) is 0 Å². The lowest BCUT2D eigenvalue weighted by molar-refractivity contribution is -0.890. The summed E-state index contributed by atoms with van der Waals surface area (Å²) in [5.74, 6) is 0. The van der Waals surface area contributed by atoms with Crippen LogP contribution in [0.1, 0.15) is 162 Å². The molecule has 36 heavy (non-hydrogen) atoms. The number of rotatable bonds is 25. The topological polar surface area (TPSA) is 4.44 Å². The Morgan fingerprint density at radius 3 is 1.00 bits per heavy atom. The maximum absolute atomic E-state index is 2.39. The minimum Gasteiger partial charge on any atom is -1.00 e. The maximum atomic E-state index is 2.39. The van der Waals surface area contributed by atoms with Gasteiger partial charge in [0.25, 0.3) is 0 Å². The van der Waals surface area contributed by atoms with Crippen molar-refractivity contribution in [3.63, 3.8) is 0 Å². The Hall–Kier alpha value is 0.880. The quantitative estimate of drug-likeness (QED) is 0.115. The highest BCUT2D eigenvalue weighted by atomic mass is 79.9. The SMILES string of the molecule is CCCCCCCCCCCC[N+](C)(C)CCCC.CCCCCCCCCCCC[NH+](C)C.[Br-].[Br-]. The van der Waals surface area contributed by atoms with Crippen LogP contribution in [0.2, 0.25) is 0 Å². The van der Waals surface area contributed by atoms with Crippen LogP contribution in [0.25, 0.3) is 0 Å². The average Bonchev–Trinajstić information content (AvgIpc) is 2.80. The molecule has 0 spiro atoms. The third kappa shape index (κ3) is 42.0. The van der Waals surface area contributed by atoms with Gasteiger partial charge in [-0.05, 0) is 32.1 Å². The molecule has 0 aliphatic heterocycles. The Morgan fingerprint density at radius 2 is 0.667 bits per heavy atom. The van der Waals surface area contributed by atoms with Gasteiger partial charge in [-0.2, -0.15) is 0 Å². The molecule has 2 nitrogen and oxygen atoms in total. The van der Waals surface area contributed by atoms with Gasteiger partial charge in [0.15, 0.2) is 0 Å². The van der Waals surface area contributed by atoms with Gasteiger partial charge >= 0.3 is 0 Å². The zero-order chi connectivity index (χ0) is 25.8. The van der Waals surface area contributed by atoms with Crippen molar-refractivity contribution < 1.29 is 43.3 Å². The zero-order valence-electron chi connectivity index (χ0n) is 26.4. The second-order valence-corrected chi connectivity index (χ2v) is 12.1. The van der Waals surface area contributed by atoms with Gasteiger partial charge in [-0.1, -0.05) is 130 Å². The Morgan fingerprint density at radius 1 is 0.389 bits per heavy atom. The standard InChI is InChI=1S/C18H40N.C14H31N.2BrH/c1-5-7-9-10-11-12-13-14-15-16-18-19(3,4)17-8-6-2;1-4-5-6-7-8-9-10-11-12-13-14-15(2)3;;/h5-18H2,1-4H3;4-14H2,1-3H3;2*1H/q+1;;;/p-1.